The van der Waals surface area contributed by atoms with E-state index in [0.29, 0.717) is 11.8 Å². The van der Waals surface area contributed by atoms with Crippen LogP contribution < -0.4 is 0 Å². The van der Waals surface area contributed by atoms with E-state index >= 15 is 0 Å². The highest BCUT2D eigenvalue weighted by Gasteiger charge is 2.23. The Hall–Kier alpha value is -1.22. The van der Waals surface area contributed by atoms with Crippen molar-refractivity contribution in [1.29, 1.82) is 0 Å². The fraction of sp³-hybridized carbons (Fsp3) is 0.571. The van der Waals surface area contributed by atoms with E-state index in [-0.39, 0.29) is 0 Å². The monoisotopic (exact) mass is 232 g/mol. The predicted octanol–water partition coefficient (Wildman–Crippen LogP) is 2.42. The Bertz CT molecular complexity index is 354. The van der Waals surface area contributed by atoms with E-state index in [1.165, 1.54) is 5.56 Å². The molecule has 1 heterocycles. The van der Waals surface area contributed by atoms with Gasteiger partial charge in [0.05, 0.1) is 0 Å². The lowest BCUT2D eigenvalue weighted by Gasteiger charge is -2.33. The highest BCUT2D eigenvalue weighted by atomic mass is 16.1. The van der Waals surface area contributed by atoms with Gasteiger partial charge in [0.2, 0.25) is 0 Å². The van der Waals surface area contributed by atoms with Crippen LogP contribution in [0.15, 0.2) is 24.5 Å². The number of hydrogen-bond donors (Lipinski definition) is 0. The number of carbonyl (C=O) groups excluding carboxylic acids is 1. The van der Waals surface area contributed by atoms with Crippen molar-refractivity contribution in [2.75, 3.05) is 6.54 Å². The lowest BCUT2D eigenvalue weighted by atomic mass is 9.93. The molecule has 0 radical (unpaired) electrons. The number of aromatic nitrogens is 1. The summed E-state index contributed by atoms with van der Waals surface area (Å²) < 4.78 is 0. The van der Waals surface area contributed by atoms with Gasteiger partial charge in [0.15, 0.2) is 0 Å². The molecule has 3 heteroatoms. The summed E-state index contributed by atoms with van der Waals surface area (Å²) in [6, 6.07) is 4.71. The third-order valence-corrected chi connectivity index (χ3v) is 3.57. The molecule has 17 heavy (non-hydrogen) atoms. The van der Waals surface area contributed by atoms with Crippen LogP contribution in [0, 0.1) is 0 Å². The Morgan fingerprint density at radius 3 is 2.53 bits per heavy atom. The molecule has 2 rings (SSSR count). The van der Waals surface area contributed by atoms with Crippen molar-refractivity contribution < 1.29 is 4.79 Å². The van der Waals surface area contributed by atoms with Crippen LogP contribution in [0.5, 0.6) is 0 Å². The van der Waals surface area contributed by atoms with E-state index in [2.05, 4.69) is 28.9 Å². The van der Waals surface area contributed by atoms with Gasteiger partial charge in [0.1, 0.15) is 5.78 Å². The molecule has 1 fully saturated rings. The molecule has 0 spiro atoms. The molecule has 0 unspecified atom stereocenters. The topological polar surface area (TPSA) is 33.2 Å². The highest BCUT2D eigenvalue weighted by molar-refractivity contribution is 5.79. The van der Waals surface area contributed by atoms with Crippen LogP contribution in [-0.2, 0) is 11.3 Å². The second-order valence-electron chi connectivity index (χ2n) is 4.69. The van der Waals surface area contributed by atoms with Crippen molar-refractivity contribution in [2.45, 2.75) is 45.2 Å². The zero-order valence-corrected chi connectivity index (χ0v) is 10.4. The summed E-state index contributed by atoms with van der Waals surface area (Å²) in [4.78, 5) is 17.8. The second kappa shape index (κ2) is 5.92. The predicted molar refractivity (Wildman–Crippen MR) is 67.6 cm³/mol. The lowest BCUT2D eigenvalue weighted by Crippen LogP contribution is -2.37. The number of nitrogens with zero attached hydrogens (tertiary/aromatic N) is 2. The zero-order valence-electron chi connectivity index (χ0n) is 10.4. The first kappa shape index (κ1) is 12.2. The number of carbonyl (C=O) groups is 1. The Labute approximate surface area is 103 Å². The van der Waals surface area contributed by atoms with Gasteiger partial charge >= 0.3 is 0 Å². The minimum absolute atomic E-state index is 0.432. The third-order valence-electron chi connectivity index (χ3n) is 3.57. The van der Waals surface area contributed by atoms with Crippen molar-refractivity contribution in [3.05, 3.63) is 30.1 Å². The minimum Gasteiger partial charge on any atom is -0.300 e. The average Bonchev–Trinajstić information content (AvgIpc) is 2.38. The molecular formula is C14H20N2O. The first-order valence-electron chi connectivity index (χ1n) is 6.44. The van der Waals surface area contributed by atoms with Gasteiger partial charge in [-0.2, -0.15) is 0 Å². The van der Waals surface area contributed by atoms with Gasteiger partial charge < -0.3 is 0 Å². The third kappa shape index (κ3) is 3.37. The molecule has 0 bridgehead atoms. The van der Waals surface area contributed by atoms with Crippen molar-refractivity contribution in [3.63, 3.8) is 0 Å². The van der Waals surface area contributed by atoms with Gasteiger partial charge in [-0.1, -0.05) is 6.92 Å². The molecule has 0 amide bonds. The van der Waals surface area contributed by atoms with Crippen molar-refractivity contribution in [3.8, 4) is 0 Å². The first-order chi connectivity index (χ1) is 8.29. The number of pyridine rings is 1. The van der Waals surface area contributed by atoms with Gasteiger partial charge in [0, 0.05) is 37.8 Å². The van der Waals surface area contributed by atoms with E-state index in [1.807, 2.05) is 12.4 Å². The molecule has 3 nitrogen and oxygen atoms in total. The molecule has 1 aromatic heterocycles. The second-order valence-corrected chi connectivity index (χ2v) is 4.69. The quantitative estimate of drug-likeness (QED) is 0.799. The van der Waals surface area contributed by atoms with E-state index in [1.54, 1.807) is 0 Å². The normalized spacial score (nSPS) is 17.6. The fourth-order valence-corrected chi connectivity index (χ4v) is 2.51. The smallest absolute Gasteiger partial charge is 0.133 e. The Morgan fingerprint density at radius 1 is 1.29 bits per heavy atom. The molecule has 0 atom stereocenters. The van der Waals surface area contributed by atoms with Crippen LogP contribution in [0.2, 0.25) is 0 Å². The number of hydrogen-bond acceptors (Lipinski definition) is 3. The standard InChI is InChI=1S/C14H20N2O/c1-2-16(11-12-7-9-15-10-8-12)13-3-5-14(17)6-4-13/h7-10,13H,2-6,11H2,1H3. The molecule has 1 aliphatic rings. The van der Waals surface area contributed by atoms with Crippen LogP contribution in [0.3, 0.4) is 0 Å². The summed E-state index contributed by atoms with van der Waals surface area (Å²) in [7, 11) is 0. The molecule has 0 N–H and O–H groups in total. The van der Waals surface area contributed by atoms with Gasteiger partial charge in [-0.15, -0.1) is 0 Å². The lowest BCUT2D eigenvalue weighted by molar-refractivity contribution is -0.121. The summed E-state index contributed by atoms with van der Waals surface area (Å²) in [5, 5.41) is 0. The summed E-state index contributed by atoms with van der Waals surface area (Å²) in [6.07, 6.45) is 7.26. The average molecular weight is 232 g/mol. The molecule has 92 valence electrons. The summed E-state index contributed by atoms with van der Waals surface area (Å²) in [6.45, 7) is 4.21. The summed E-state index contributed by atoms with van der Waals surface area (Å²) in [5.41, 5.74) is 1.30. The Morgan fingerprint density at radius 2 is 1.94 bits per heavy atom. The maximum absolute atomic E-state index is 11.3. The number of rotatable bonds is 4. The van der Waals surface area contributed by atoms with Crippen molar-refractivity contribution in [2.24, 2.45) is 0 Å². The molecule has 1 aliphatic carbocycles. The van der Waals surface area contributed by atoms with Crippen molar-refractivity contribution in [1.82, 2.24) is 9.88 Å². The highest BCUT2D eigenvalue weighted by Crippen LogP contribution is 2.21. The van der Waals surface area contributed by atoms with Crippen LogP contribution in [0.4, 0.5) is 0 Å². The first-order valence-corrected chi connectivity index (χ1v) is 6.44. The van der Waals surface area contributed by atoms with Crippen LogP contribution >= 0.6 is 0 Å². The molecule has 0 aromatic carbocycles. The SMILES string of the molecule is CCN(Cc1ccncc1)C1CCC(=O)CC1. The minimum atomic E-state index is 0.432. The molecule has 0 saturated heterocycles. The summed E-state index contributed by atoms with van der Waals surface area (Å²) in [5.74, 6) is 0.432. The van der Waals surface area contributed by atoms with E-state index in [9.17, 15) is 4.79 Å². The number of ketones is 1. The zero-order chi connectivity index (χ0) is 12.1. The largest absolute Gasteiger partial charge is 0.300 e. The van der Waals surface area contributed by atoms with Gasteiger partial charge in [0.25, 0.3) is 0 Å². The van der Waals surface area contributed by atoms with E-state index < -0.39 is 0 Å². The summed E-state index contributed by atoms with van der Waals surface area (Å²) >= 11 is 0. The van der Waals surface area contributed by atoms with Gasteiger partial charge in [-0.3, -0.25) is 14.7 Å². The maximum atomic E-state index is 11.3. The molecule has 1 saturated carbocycles. The molecule has 0 aliphatic heterocycles. The molecule has 1 aromatic rings. The Kier molecular flexibility index (Phi) is 4.26. The van der Waals surface area contributed by atoms with Crippen LogP contribution in [-0.4, -0.2) is 28.3 Å². The Balaban J connectivity index is 1.95. The molecular weight excluding hydrogens is 212 g/mol. The van der Waals surface area contributed by atoms with E-state index in [4.69, 9.17) is 0 Å². The van der Waals surface area contributed by atoms with Gasteiger partial charge in [-0.25, -0.2) is 0 Å². The van der Waals surface area contributed by atoms with Crippen molar-refractivity contribution >= 4 is 5.78 Å². The van der Waals surface area contributed by atoms with Crippen LogP contribution in [0.1, 0.15) is 38.2 Å². The number of Topliss-reactive ketones (excluding diaryl/α,β-unsaturated/α-hetero) is 1. The van der Waals surface area contributed by atoms with Gasteiger partial charge in [-0.05, 0) is 37.1 Å². The maximum Gasteiger partial charge on any atom is 0.133 e. The van der Waals surface area contributed by atoms with E-state index in [0.717, 1.165) is 38.8 Å². The van der Waals surface area contributed by atoms with Crippen LogP contribution in [0.25, 0.3) is 0 Å². The fourth-order valence-electron chi connectivity index (χ4n) is 2.51.